The second-order valence-corrected chi connectivity index (χ2v) is 6.14. The molecular weight excluding hydrogens is 290 g/mol. The fourth-order valence-electron chi connectivity index (χ4n) is 3.49. The molecule has 4 nitrogen and oxygen atoms in total. The highest BCUT2D eigenvalue weighted by Crippen LogP contribution is 2.32. The Morgan fingerprint density at radius 2 is 2.00 bits per heavy atom. The average Bonchev–Trinajstić information content (AvgIpc) is 2.57. The maximum absolute atomic E-state index is 12.5. The van der Waals surface area contributed by atoms with Gasteiger partial charge in [0.05, 0.1) is 11.7 Å². The lowest BCUT2D eigenvalue weighted by atomic mass is 9.97. The molecule has 3 rings (SSSR count). The molecule has 124 valence electrons. The van der Waals surface area contributed by atoms with Crippen LogP contribution in [-0.4, -0.2) is 19.7 Å². The zero-order valence-corrected chi connectivity index (χ0v) is 14.2. The Labute approximate surface area is 137 Å². The Morgan fingerprint density at radius 3 is 2.65 bits per heavy atom. The normalized spacial score (nSPS) is 18.3. The Kier molecular flexibility index (Phi) is 4.71. The summed E-state index contributed by atoms with van der Waals surface area (Å²) in [5.74, 6) is 0. The fraction of sp³-hybridized carbons (Fsp3) is 0.526. The van der Waals surface area contributed by atoms with Crippen LogP contribution >= 0.6 is 0 Å². The molecule has 1 fully saturated rings. The molecule has 1 aliphatic heterocycles. The standard InChI is InChI=1S/C19H25NO3/c1-4-20(5-2)14-9-10-15-13(3)18(16-8-6-7-11-22-16)19(21)23-17(15)12-14/h9-10,12,16H,4-8,11H2,1-3H3. The third kappa shape index (κ3) is 3.00. The van der Waals surface area contributed by atoms with Gasteiger partial charge >= 0.3 is 5.63 Å². The van der Waals surface area contributed by atoms with Gasteiger partial charge in [-0.2, -0.15) is 0 Å². The van der Waals surface area contributed by atoms with E-state index in [-0.39, 0.29) is 11.7 Å². The van der Waals surface area contributed by atoms with Gasteiger partial charge in [-0.05, 0) is 57.7 Å². The van der Waals surface area contributed by atoms with E-state index < -0.39 is 0 Å². The summed E-state index contributed by atoms with van der Waals surface area (Å²) in [4.78, 5) is 14.8. The number of benzene rings is 1. The van der Waals surface area contributed by atoms with E-state index in [2.05, 4.69) is 30.9 Å². The Morgan fingerprint density at radius 1 is 1.22 bits per heavy atom. The number of hydrogen-bond acceptors (Lipinski definition) is 4. The smallest absolute Gasteiger partial charge is 0.342 e. The fourth-order valence-corrected chi connectivity index (χ4v) is 3.49. The van der Waals surface area contributed by atoms with Gasteiger partial charge in [-0.1, -0.05) is 0 Å². The van der Waals surface area contributed by atoms with Crippen LogP contribution in [0.3, 0.4) is 0 Å². The molecule has 0 amide bonds. The van der Waals surface area contributed by atoms with Gasteiger partial charge in [0.15, 0.2) is 0 Å². The van der Waals surface area contributed by atoms with Gasteiger partial charge < -0.3 is 14.1 Å². The van der Waals surface area contributed by atoms with E-state index in [0.29, 0.717) is 11.1 Å². The van der Waals surface area contributed by atoms with Crippen LogP contribution in [0, 0.1) is 6.92 Å². The van der Waals surface area contributed by atoms with Gasteiger partial charge in [0.25, 0.3) is 0 Å². The monoisotopic (exact) mass is 315 g/mol. The molecule has 4 heteroatoms. The van der Waals surface area contributed by atoms with Crippen molar-refractivity contribution in [1.82, 2.24) is 0 Å². The van der Waals surface area contributed by atoms with Gasteiger partial charge in [-0.3, -0.25) is 0 Å². The molecule has 0 bridgehead atoms. The minimum atomic E-state index is -0.251. The first-order valence-corrected chi connectivity index (χ1v) is 8.59. The van der Waals surface area contributed by atoms with Crippen molar-refractivity contribution < 1.29 is 9.15 Å². The number of hydrogen-bond donors (Lipinski definition) is 0. The van der Waals surface area contributed by atoms with Crippen LogP contribution in [0.1, 0.15) is 50.3 Å². The molecule has 0 aliphatic carbocycles. The number of fused-ring (bicyclic) bond motifs is 1. The quantitative estimate of drug-likeness (QED) is 0.794. The number of anilines is 1. The SMILES string of the molecule is CCN(CC)c1ccc2c(C)c(C3CCCCO3)c(=O)oc2c1. The minimum Gasteiger partial charge on any atom is -0.422 e. The summed E-state index contributed by atoms with van der Waals surface area (Å²) in [5, 5.41) is 1.00. The number of nitrogens with zero attached hydrogens (tertiary/aromatic N) is 1. The zero-order chi connectivity index (χ0) is 16.4. The summed E-state index contributed by atoms with van der Waals surface area (Å²) in [7, 11) is 0. The van der Waals surface area contributed by atoms with Crippen molar-refractivity contribution in [3.63, 3.8) is 0 Å². The molecule has 0 spiro atoms. The van der Waals surface area contributed by atoms with Gasteiger partial charge in [-0.25, -0.2) is 4.79 Å². The van der Waals surface area contributed by atoms with Crippen molar-refractivity contribution >= 4 is 16.7 Å². The lowest BCUT2D eigenvalue weighted by Gasteiger charge is -2.24. The Hall–Kier alpha value is -1.81. The molecule has 0 radical (unpaired) electrons. The molecule has 1 saturated heterocycles. The molecule has 1 aliphatic rings. The first kappa shape index (κ1) is 16.1. The van der Waals surface area contributed by atoms with Crippen LogP contribution < -0.4 is 10.5 Å². The second-order valence-electron chi connectivity index (χ2n) is 6.14. The van der Waals surface area contributed by atoms with E-state index in [1.165, 1.54) is 0 Å². The van der Waals surface area contributed by atoms with Crippen LogP contribution in [0.15, 0.2) is 27.4 Å². The zero-order valence-electron chi connectivity index (χ0n) is 14.2. The van der Waals surface area contributed by atoms with E-state index in [0.717, 1.165) is 55.6 Å². The summed E-state index contributed by atoms with van der Waals surface area (Å²) < 4.78 is 11.4. The van der Waals surface area contributed by atoms with E-state index in [1.807, 2.05) is 13.0 Å². The van der Waals surface area contributed by atoms with Gasteiger partial charge in [-0.15, -0.1) is 0 Å². The van der Waals surface area contributed by atoms with E-state index in [4.69, 9.17) is 9.15 Å². The Balaban J connectivity index is 2.09. The van der Waals surface area contributed by atoms with Crippen molar-refractivity contribution in [3.8, 4) is 0 Å². The summed E-state index contributed by atoms with van der Waals surface area (Å²) >= 11 is 0. The van der Waals surface area contributed by atoms with Crippen LogP contribution in [0.2, 0.25) is 0 Å². The predicted octanol–water partition coefficient (Wildman–Crippen LogP) is 4.19. The van der Waals surface area contributed by atoms with Crippen LogP contribution in [-0.2, 0) is 4.74 Å². The summed E-state index contributed by atoms with van der Waals surface area (Å²) in [6, 6.07) is 6.14. The molecule has 1 aromatic heterocycles. The maximum atomic E-state index is 12.5. The molecule has 0 N–H and O–H groups in total. The van der Waals surface area contributed by atoms with Crippen molar-refractivity contribution in [2.75, 3.05) is 24.6 Å². The summed E-state index contributed by atoms with van der Waals surface area (Å²) in [5.41, 5.74) is 3.20. The lowest BCUT2D eigenvalue weighted by molar-refractivity contribution is 0.0128. The highest BCUT2D eigenvalue weighted by atomic mass is 16.5. The van der Waals surface area contributed by atoms with Crippen LogP contribution in [0.4, 0.5) is 5.69 Å². The molecule has 0 saturated carbocycles. The van der Waals surface area contributed by atoms with Crippen molar-refractivity contribution in [3.05, 3.63) is 39.7 Å². The third-order valence-electron chi connectivity index (χ3n) is 4.83. The first-order chi connectivity index (χ1) is 11.2. The number of ether oxygens (including phenoxy) is 1. The Bertz CT molecular complexity index is 740. The summed E-state index contributed by atoms with van der Waals surface area (Å²) in [6.07, 6.45) is 2.95. The van der Waals surface area contributed by atoms with Crippen LogP contribution in [0.25, 0.3) is 11.0 Å². The minimum absolute atomic E-state index is 0.119. The molecule has 1 atom stereocenters. The molecule has 2 aromatic rings. The molecule has 1 aromatic carbocycles. The van der Waals surface area contributed by atoms with E-state index in [9.17, 15) is 4.79 Å². The van der Waals surface area contributed by atoms with Gasteiger partial charge in [0, 0.05) is 36.8 Å². The largest absolute Gasteiger partial charge is 0.422 e. The van der Waals surface area contributed by atoms with Gasteiger partial charge in [0.1, 0.15) is 5.58 Å². The highest BCUT2D eigenvalue weighted by molar-refractivity contribution is 5.84. The van der Waals surface area contributed by atoms with Crippen molar-refractivity contribution in [2.45, 2.75) is 46.1 Å². The second kappa shape index (κ2) is 6.75. The molecule has 1 unspecified atom stereocenters. The first-order valence-electron chi connectivity index (χ1n) is 8.59. The molecule has 23 heavy (non-hydrogen) atoms. The van der Waals surface area contributed by atoms with Crippen LogP contribution in [0.5, 0.6) is 0 Å². The molecule has 2 heterocycles. The lowest BCUT2D eigenvalue weighted by Crippen LogP contribution is -2.22. The van der Waals surface area contributed by atoms with E-state index >= 15 is 0 Å². The predicted molar refractivity (Wildman–Crippen MR) is 93.3 cm³/mol. The van der Waals surface area contributed by atoms with Crippen molar-refractivity contribution in [2.24, 2.45) is 0 Å². The number of aryl methyl sites for hydroxylation is 1. The highest BCUT2D eigenvalue weighted by Gasteiger charge is 2.23. The molecular formula is C19H25NO3. The average molecular weight is 315 g/mol. The maximum Gasteiger partial charge on any atom is 0.342 e. The third-order valence-corrected chi connectivity index (χ3v) is 4.83. The van der Waals surface area contributed by atoms with Crippen molar-refractivity contribution in [1.29, 1.82) is 0 Å². The van der Waals surface area contributed by atoms with E-state index in [1.54, 1.807) is 0 Å². The topological polar surface area (TPSA) is 42.7 Å². The van der Waals surface area contributed by atoms with Gasteiger partial charge in [0.2, 0.25) is 0 Å². The summed E-state index contributed by atoms with van der Waals surface area (Å²) in [6.45, 7) is 8.84. The number of rotatable bonds is 4.